The Morgan fingerprint density at radius 2 is 1.92 bits per heavy atom. The molecule has 0 fully saturated rings. The van der Waals surface area contributed by atoms with Crippen molar-refractivity contribution in [1.82, 2.24) is 5.32 Å². The van der Waals surface area contributed by atoms with Crippen LogP contribution >= 0.6 is 0 Å². The monoisotopic (exact) mass is 337 g/mol. The van der Waals surface area contributed by atoms with Crippen LogP contribution in [0.15, 0.2) is 48.5 Å². The lowest BCUT2D eigenvalue weighted by Crippen LogP contribution is -2.28. The molecule has 2 N–H and O–H groups in total. The minimum absolute atomic E-state index is 0.201. The van der Waals surface area contributed by atoms with Gasteiger partial charge in [0.25, 0.3) is 5.69 Å². The molecule has 2 aromatic carbocycles. The summed E-state index contributed by atoms with van der Waals surface area (Å²) in [5.74, 6) is -0.370. The number of alkyl halides is 2. The van der Waals surface area contributed by atoms with E-state index in [0.717, 1.165) is 23.8 Å². The smallest absolute Gasteiger partial charge is 0.387 e. The summed E-state index contributed by atoms with van der Waals surface area (Å²) in [7, 11) is 0. The summed E-state index contributed by atoms with van der Waals surface area (Å²) in [6.07, 6.45) is 0. The first-order valence-corrected chi connectivity index (χ1v) is 6.77. The van der Waals surface area contributed by atoms with Crippen LogP contribution in [0.1, 0.15) is 5.56 Å². The first-order chi connectivity index (χ1) is 11.5. The Morgan fingerprint density at radius 3 is 2.54 bits per heavy atom. The van der Waals surface area contributed by atoms with Crippen molar-refractivity contribution >= 4 is 17.4 Å². The number of carbonyl (C=O) groups excluding carboxylic acids is 1. The van der Waals surface area contributed by atoms with Crippen molar-refractivity contribution < 1.29 is 23.2 Å². The normalized spacial score (nSPS) is 10.3. The summed E-state index contributed by atoms with van der Waals surface area (Å²) in [5, 5.41) is 15.6. The van der Waals surface area contributed by atoms with Crippen LogP contribution in [-0.2, 0) is 6.54 Å². The lowest BCUT2D eigenvalue weighted by atomic mass is 10.2. The number of nitrogens with one attached hydrogen (secondary N) is 2. The Morgan fingerprint density at radius 1 is 1.21 bits per heavy atom. The highest BCUT2D eigenvalue weighted by Gasteiger charge is 2.16. The number of halogens is 2. The predicted molar refractivity (Wildman–Crippen MR) is 82.0 cm³/mol. The number of urea groups is 1. The average molecular weight is 337 g/mol. The van der Waals surface area contributed by atoms with E-state index in [-0.39, 0.29) is 23.7 Å². The molecule has 0 radical (unpaired) electrons. The molecular weight excluding hydrogens is 324 g/mol. The van der Waals surface area contributed by atoms with Gasteiger partial charge in [-0.15, -0.1) is 0 Å². The van der Waals surface area contributed by atoms with Gasteiger partial charge < -0.3 is 15.4 Å². The fraction of sp³-hybridized carbons (Fsp3) is 0.133. The Labute approximate surface area is 135 Å². The molecule has 0 saturated carbocycles. The highest BCUT2D eigenvalue weighted by Crippen LogP contribution is 2.30. The van der Waals surface area contributed by atoms with E-state index in [1.165, 1.54) is 0 Å². The van der Waals surface area contributed by atoms with Gasteiger partial charge in [-0.1, -0.05) is 30.3 Å². The summed E-state index contributed by atoms with van der Waals surface area (Å²) in [4.78, 5) is 21.9. The van der Waals surface area contributed by atoms with Crippen molar-refractivity contribution in [2.24, 2.45) is 0 Å². The van der Waals surface area contributed by atoms with Gasteiger partial charge in [-0.25, -0.2) is 4.79 Å². The maximum Gasteiger partial charge on any atom is 0.387 e. The summed E-state index contributed by atoms with van der Waals surface area (Å²) in [6.45, 7) is -2.92. The molecule has 0 saturated heterocycles. The third-order valence-corrected chi connectivity index (χ3v) is 2.93. The lowest BCUT2D eigenvalue weighted by molar-refractivity contribution is -0.384. The molecule has 0 aromatic heterocycles. The number of carbonyl (C=O) groups is 1. The third kappa shape index (κ3) is 4.90. The molecule has 0 spiro atoms. The molecule has 2 aromatic rings. The number of hydrogen-bond acceptors (Lipinski definition) is 4. The highest BCUT2D eigenvalue weighted by atomic mass is 19.3. The molecule has 0 atom stereocenters. The third-order valence-electron chi connectivity index (χ3n) is 2.93. The van der Waals surface area contributed by atoms with Gasteiger partial charge in [-0.2, -0.15) is 8.78 Å². The first kappa shape index (κ1) is 17.1. The number of nitro groups is 1. The van der Waals surface area contributed by atoms with Crippen molar-refractivity contribution in [2.45, 2.75) is 13.2 Å². The molecule has 126 valence electrons. The van der Waals surface area contributed by atoms with Gasteiger partial charge in [0, 0.05) is 18.7 Å². The van der Waals surface area contributed by atoms with E-state index in [0.29, 0.717) is 0 Å². The Kier molecular flexibility index (Phi) is 5.61. The summed E-state index contributed by atoms with van der Waals surface area (Å²) in [6, 6.07) is 11.2. The quantitative estimate of drug-likeness (QED) is 0.623. The van der Waals surface area contributed by atoms with Crippen LogP contribution in [0, 0.1) is 10.1 Å². The van der Waals surface area contributed by atoms with Gasteiger partial charge in [-0.05, 0) is 11.6 Å². The maximum atomic E-state index is 12.4. The minimum Gasteiger partial charge on any atom is -0.433 e. The molecule has 0 aliphatic rings. The number of nitro benzene ring substituents is 1. The van der Waals surface area contributed by atoms with Crippen LogP contribution in [0.2, 0.25) is 0 Å². The van der Waals surface area contributed by atoms with Gasteiger partial charge in [-0.3, -0.25) is 10.1 Å². The van der Waals surface area contributed by atoms with Crippen molar-refractivity contribution in [3.05, 3.63) is 64.2 Å². The second-order valence-corrected chi connectivity index (χ2v) is 4.61. The van der Waals surface area contributed by atoms with E-state index in [1.54, 1.807) is 24.3 Å². The number of ether oxygens (including phenoxy) is 1. The van der Waals surface area contributed by atoms with Crippen LogP contribution in [0.25, 0.3) is 0 Å². The molecule has 0 bridgehead atoms. The van der Waals surface area contributed by atoms with Crippen molar-refractivity contribution in [3.8, 4) is 5.75 Å². The second-order valence-electron chi connectivity index (χ2n) is 4.61. The maximum absolute atomic E-state index is 12.4. The van der Waals surface area contributed by atoms with E-state index >= 15 is 0 Å². The molecule has 2 amide bonds. The fourth-order valence-corrected chi connectivity index (χ4v) is 1.87. The van der Waals surface area contributed by atoms with Gasteiger partial charge in [0.2, 0.25) is 0 Å². The van der Waals surface area contributed by atoms with E-state index in [4.69, 9.17) is 0 Å². The Hall–Kier alpha value is -3.23. The number of benzene rings is 2. The number of anilines is 1. The fourth-order valence-electron chi connectivity index (χ4n) is 1.87. The summed E-state index contributed by atoms with van der Waals surface area (Å²) in [5.41, 5.74) is 0.237. The first-order valence-electron chi connectivity index (χ1n) is 6.77. The van der Waals surface area contributed by atoms with Gasteiger partial charge in [0.05, 0.1) is 10.6 Å². The van der Waals surface area contributed by atoms with Crippen LogP contribution < -0.4 is 15.4 Å². The second kappa shape index (κ2) is 7.86. The lowest BCUT2D eigenvalue weighted by Gasteiger charge is -2.12. The van der Waals surface area contributed by atoms with Gasteiger partial charge in [0.1, 0.15) is 5.75 Å². The molecule has 0 unspecified atom stereocenters. The molecule has 2 rings (SSSR count). The number of non-ortho nitro benzene ring substituents is 1. The number of rotatable bonds is 6. The largest absolute Gasteiger partial charge is 0.433 e. The predicted octanol–water partition coefficient (Wildman–Crippen LogP) is 3.52. The zero-order valence-corrected chi connectivity index (χ0v) is 12.2. The average Bonchev–Trinajstić information content (AvgIpc) is 2.55. The van der Waals surface area contributed by atoms with Gasteiger partial charge in [0.15, 0.2) is 0 Å². The number of amides is 2. The number of hydrogen-bond donors (Lipinski definition) is 2. The van der Waals surface area contributed by atoms with Crippen LogP contribution in [0.5, 0.6) is 5.75 Å². The van der Waals surface area contributed by atoms with E-state index in [9.17, 15) is 23.7 Å². The Balaban J connectivity index is 2.09. The van der Waals surface area contributed by atoms with E-state index in [2.05, 4.69) is 15.4 Å². The molecule has 7 nitrogen and oxygen atoms in total. The number of nitrogens with zero attached hydrogens (tertiary/aromatic N) is 1. The molecule has 0 aliphatic carbocycles. The molecular formula is C15H13F2N3O4. The van der Waals surface area contributed by atoms with Gasteiger partial charge >= 0.3 is 12.6 Å². The van der Waals surface area contributed by atoms with Crippen molar-refractivity contribution in [3.63, 3.8) is 0 Å². The van der Waals surface area contributed by atoms with E-state index in [1.807, 2.05) is 6.07 Å². The van der Waals surface area contributed by atoms with Crippen molar-refractivity contribution in [2.75, 3.05) is 5.32 Å². The summed E-state index contributed by atoms with van der Waals surface area (Å²) >= 11 is 0. The minimum atomic E-state index is -3.13. The standard InChI is InChI=1S/C15H13F2N3O4/c16-14(17)24-13-7-6-11(20(22)23)8-12(13)19-15(21)18-9-10-4-2-1-3-5-10/h1-8,14H,9H2,(H2,18,19,21). The summed E-state index contributed by atoms with van der Waals surface area (Å²) < 4.78 is 29.0. The SMILES string of the molecule is O=C(NCc1ccccc1)Nc1cc([N+](=O)[O-])ccc1OC(F)F. The molecule has 24 heavy (non-hydrogen) atoms. The molecule has 0 aliphatic heterocycles. The Bertz CT molecular complexity index is 726. The molecule has 9 heteroatoms. The van der Waals surface area contributed by atoms with Crippen LogP contribution in [-0.4, -0.2) is 17.6 Å². The molecule has 0 heterocycles. The van der Waals surface area contributed by atoms with Crippen LogP contribution in [0.4, 0.5) is 25.0 Å². The van der Waals surface area contributed by atoms with Crippen molar-refractivity contribution in [1.29, 1.82) is 0 Å². The zero-order chi connectivity index (χ0) is 17.5. The topological polar surface area (TPSA) is 93.5 Å². The van der Waals surface area contributed by atoms with E-state index < -0.39 is 17.6 Å². The van der Waals surface area contributed by atoms with Crippen LogP contribution in [0.3, 0.4) is 0 Å². The zero-order valence-electron chi connectivity index (χ0n) is 12.2. The highest BCUT2D eigenvalue weighted by molar-refractivity contribution is 5.91.